The average molecular weight is 352 g/mol. The lowest BCUT2D eigenvalue weighted by molar-refractivity contribution is 0.0647. The van der Waals surface area contributed by atoms with E-state index >= 15 is 0 Å². The predicted molar refractivity (Wildman–Crippen MR) is 101 cm³/mol. The van der Waals surface area contributed by atoms with Gasteiger partial charge in [0.1, 0.15) is 12.4 Å². The molecule has 5 heteroatoms. The maximum Gasteiger partial charge on any atom is 0.261 e. The Hall–Kier alpha value is -2.66. The summed E-state index contributed by atoms with van der Waals surface area (Å²) in [6, 6.07) is 15.0. The third kappa shape index (κ3) is 3.94. The number of hydrogen-bond acceptors (Lipinski definition) is 4. The number of fused-ring (bicyclic) bond motifs is 1. The Balaban J connectivity index is 1.41. The second-order valence-electron chi connectivity index (χ2n) is 6.58. The van der Waals surface area contributed by atoms with Crippen LogP contribution >= 0.6 is 0 Å². The number of amides is 2. The van der Waals surface area contributed by atoms with Crippen LogP contribution < -0.4 is 4.74 Å². The molecule has 0 atom stereocenters. The van der Waals surface area contributed by atoms with Gasteiger partial charge in [-0.15, -0.1) is 0 Å². The molecule has 0 saturated carbocycles. The molecule has 2 aromatic carbocycles. The number of imide groups is 1. The van der Waals surface area contributed by atoms with Crippen LogP contribution in [0.5, 0.6) is 5.75 Å². The first-order valence-corrected chi connectivity index (χ1v) is 8.90. The number of likely N-dealkylation sites (N-methyl/N-ethyl adjacent to an activating group) is 1. The van der Waals surface area contributed by atoms with E-state index in [0.29, 0.717) is 24.3 Å². The second-order valence-corrected chi connectivity index (χ2v) is 6.58. The van der Waals surface area contributed by atoms with Gasteiger partial charge in [0, 0.05) is 13.1 Å². The second kappa shape index (κ2) is 8.15. The molecule has 1 heterocycles. The molecule has 2 aromatic rings. The number of ether oxygens (including phenoxy) is 1. The highest BCUT2D eigenvalue weighted by Gasteiger charge is 2.34. The third-order valence-electron chi connectivity index (χ3n) is 4.62. The van der Waals surface area contributed by atoms with Gasteiger partial charge in [-0.2, -0.15) is 0 Å². The minimum atomic E-state index is -0.184. The van der Waals surface area contributed by atoms with E-state index < -0.39 is 0 Å². The van der Waals surface area contributed by atoms with Crippen LogP contribution in [0.3, 0.4) is 0 Å². The number of aryl methyl sites for hydroxylation is 1. The van der Waals surface area contributed by atoms with E-state index in [1.807, 2.05) is 38.2 Å². The lowest BCUT2D eigenvalue weighted by Gasteiger charge is -2.19. The highest BCUT2D eigenvalue weighted by molar-refractivity contribution is 6.21. The summed E-state index contributed by atoms with van der Waals surface area (Å²) >= 11 is 0. The fourth-order valence-electron chi connectivity index (χ4n) is 3.08. The van der Waals surface area contributed by atoms with Crippen molar-refractivity contribution in [1.29, 1.82) is 0 Å². The van der Waals surface area contributed by atoms with Crippen molar-refractivity contribution in [2.45, 2.75) is 13.3 Å². The summed E-state index contributed by atoms with van der Waals surface area (Å²) in [5, 5.41) is 0. The highest BCUT2D eigenvalue weighted by atomic mass is 16.5. The van der Waals surface area contributed by atoms with Gasteiger partial charge in [-0.25, -0.2) is 0 Å². The van der Waals surface area contributed by atoms with E-state index in [4.69, 9.17) is 4.74 Å². The fourth-order valence-corrected chi connectivity index (χ4v) is 3.08. The van der Waals surface area contributed by atoms with Crippen LogP contribution in [0.15, 0.2) is 48.5 Å². The van der Waals surface area contributed by atoms with Crippen LogP contribution in [-0.4, -0.2) is 54.9 Å². The van der Waals surface area contributed by atoms with Crippen LogP contribution in [0.25, 0.3) is 0 Å². The summed E-state index contributed by atoms with van der Waals surface area (Å²) in [7, 11) is 2.02. The molecule has 26 heavy (non-hydrogen) atoms. The van der Waals surface area contributed by atoms with Gasteiger partial charge in [-0.1, -0.05) is 30.3 Å². The van der Waals surface area contributed by atoms with Crippen LogP contribution in [0.4, 0.5) is 0 Å². The maximum absolute atomic E-state index is 12.3. The Morgan fingerprint density at radius 1 is 0.923 bits per heavy atom. The van der Waals surface area contributed by atoms with Crippen molar-refractivity contribution in [3.05, 3.63) is 65.2 Å². The molecular formula is C21H24N2O3. The molecule has 0 unspecified atom stereocenters. The number of rotatable bonds is 8. The molecule has 1 aliphatic heterocycles. The minimum Gasteiger partial charge on any atom is -0.492 e. The summed E-state index contributed by atoms with van der Waals surface area (Å²) in [5.74, 6) is 0.541. The predicted octanol–water partition coefficient (Wildman–Crippen LogP) is 2.99. The molecule has 5 nitrogen and oxygen atoms in total. The first-order valence-electron chi connectivity index (χ1n) is 8.90. The monoisotopic (exact) mass is 352 g/mol. The van der Waals surface area contributed by atoms with E-state index in [2.05, 4.69) is 4.90 Å². The van der Waals surface area contributed by atoms with Crippen molar-refractivity contribution in [3.8, 4) is 5.75 Å². The normalized spacial score (nSPS) is 13.4. The van der Waals surface area contributed by atoms with Gasteiger partial charge in [-0.3, -0.25) is 14.5 Å². The van der Waals surface area contributed by atoms with Crippen molar-refractivity contribution in [1.82, 2.24) is 9.80 Å². The zero-order chi connectivity index (χ0) is 18.5. The fraction of sp³-hybridized carbons (Fsp3) is 0.333. The van der Waals surface area contributed by atoms with Gasteiger partial charge < -0.3 is 9.64 Å². The largest absolute Gasteiger partial charge is 0.492 e. The van der Waals surface area contributed by atoms with E-state index in [-0.39, 0.29) is 11.8 Å². The molecule has 1 aliphatic rings. The summed E-state index contributed by atoms with van der Waals surface area (Å²) in [6.07, 6.45) is 0.742. The summed E-state index contributed by atoms with van der Waals surface area (Å²) in [6.45, 7) is 4.66. The summed E-state index contributed by atoms with van der Waals surface area (Å²) in [5.41, 5.74) is 2.15. The van der Waals surface area contributed by atoms with Gasteiger partial charge in [-0.05, 0) is 50.7 Å². The standard InChI is InChI=1S/C21H24N2O3/c1-16-8-3-6-11-19(16)26-15-14-22(2)12-7-13-23-20(24)17-9-4-5-10-18(17)21(23)25/h3-6,8-11H,7,12-15H2,1-2H3. The molecule has 2 amide bonds. The number of para-hydroxylation sites is 1. The van der Waals surface area contributed by atoms with Crippen LogP contribution in [0.1, 0.15) is 32.7 Å². The van der Waals surface area contributed by atoms with Crippen molar-refractivity contribution in [2.24, 2.45) is 0 Å². The van der Waals surface area contributed by atoms with Gasteiger partial charge >= 0.3 is 0 Å². The molecule has 0 radical (unpaired) electrons. The maximum atomic E-state index is 12.3. The highest BCUT2D eigenvalue weighted by Crippen LogP contribution is 2.22. The Morgan fingerprint density at radius 2 is 1.54 bits per heavy atom. The van der Waals surface area contributed by atoms with Crippen molar-refractivity contribution < 1.29 is 14.3 Å². The Labute approximate surface area is 154 Å². The van der Waals surface area contributed by atoms with Crippen LogP contribution in [0, 0.1) is 6.92 Å². The first-order chi connectivity index (χ1) is 12.6. The Morgan fingerprint density at radius 3 is 2.19 bits per heavy atom. The zero-order valence-electron chi connectivity index (χ0n) is 15.3. The van der Waals surface area contributed by atoms with Gasteiger partial charge in [0.15, 0.2) is 0 Å². The van der Waals surface area contributed by atoms with Crippen molar-refractivity contribution in [2.75, 3.05) is 33.3 Å². The van der Waals surface area contributed by atoms with Crippen molar-refractivity contribution >= 4 is 11.8 Å². The lowest BCUT2D eigenvalue weighted by atomic mass is 10.1. The van der Waals surface area contributed by atoms with Gasteiger partial charge in [0.25, 0.3) is 11.8 Å². The Bertz CT molecular complexity index is 768. The van der Waals surface area contributed by atoms with Crippen LogP contribution in [0.2, 0.25) is 0 Å². The summed E-state index contributed by atoms with van der Waals surface area (Å²) in [4.78, 5) is 28.1. The number of hydrogen-bond donors (Lipinski definition) is 0. The molecule has 0 aromatic heterocycles. The lowest BCUT2D eigenvalue weighted by Crippen LogP contribution is -2.33. The Kier molecular flexibility index (Phi) is 5.68. The molecule has 0 N–H and O–H groups in total. The number of nitrogens with zero attached hydrogens (tertiary/aromatic N) is 2. The first kappa shape index (κ1) is 18.1. The van der Waals surface area contributed by atoms with E-state index in [9.17, 15) is 9.59 Å². The molecule has 0 bridgehead atoms. The van der Waals surface area contributed by atoms with Gasteiger partial charge in [0.05, 0.1) is 11.1 Å². The van der Waals surface area contributed by atoms with E-state index in [1.54, 1.807) is 24.3 Å². The third-order valence-corrected chi connectivity index (χ3v) is 4.62. The SMILES string of the molecule is Cc1ccccc1OCCN(C)CCCN1C(=O)c2ccccc2C1=O. The molecule has 136 valence electrons. The average Bonchev–Trinajstić information content (AvgIpc) is 2.88. The van der Waals surface area contributed by atoms with E-state index in [1.165, 1.54) is 4.90 Å². The molecule has 0 fully saturated rings. The molecule has 0 saturated heterocycles. The van der Waals surface area contributed by atoms with Gasteiger partial charge in [0.2, 0.25) is 0 Å². The smallest absolute Gasteiger partial charge is 0.261 e. The minimum absolute atomic E-state index is 0.184. The number of carbonyl (C=O) groups is 2. The van der Waals surface area contributed by atoms with Crippen LogP contribution in [-0.2, 0) is 0 Å². The molecular weight excluding hydrogens is 328 g/mol. The molecule has 0 aliphatic carbocycles. The quantitative estimate of drug-likeness (QED) is 0.686. The molecule has 3 rings (SSSR count). The summed E-state index contributed by atoms with van der Waals surface area (Å²) < 4.78 is 5.80. The molecule has 0 spiro atoms. The van der Waals surface area contributed by atoms with Crippen molar-refractivity contribution in [3.63, 3.8) is 0 Å². The number of benzene rings is 2. The topological polar surface area (TPSA) is 49.9 Å². The number of carbonyl (C=O) groups excluding carboxylic acids is 2. The van der Waals surface area contributed by atoms with E-state index in [0.717, 1.165) is 30.8 Å². The zero-order valence-corrected chi connectivity index (χ0v) is 15.3.